The summed E-state index contributed by atoms with van der Waals surface area (Å²) in [6.07, 6.45) is 1.95. The molecular formula is C14H20N2OS. The van der Waals surface area contributed by atoms with Crippen molar-refractivity contribution in [1.29, 1.82) is 0 Å². The second-order valence-electron chi connectivity index (χ2n) is 5.07. The van der Waals surface area contributed by atoms with Gasteiger partial charge in [-0.1, -0.05) is 11.8 Å². The highest BCUT2D eigenvalue weighted by atomic mass is 32.1. The van der Waals surface area contributed by atoms with E-state index in [1.54, 1.807) is 11.3 Å². The average molecular weight is 264 g/mol. The number of rotatable bonds is 2. The molecule has 3 nitrogen and oxygen atoms in total. The Hall–Kier alpha value is -0.860. The van der Waals surface area contributed by atoms with Crippen LogP contribution in [0.3, 0.4) is 0 Å². The molecule has 3 N–H and O–H groups in total. The Labute approximate surface area is 113 Å². The van der Waals surface area contributed by atoms with E-state index in [9.17, 15) is 5.11 Å². The van der Waals surface area contributed by atoms with Crippen molar-refractivity contribution in [1.82, 2.24) is 4.90 Å². The first-order valence-electron chi connectivity index (χ1n) is 6.31. The van der Waals surface area contributed by atoms with Crippen molar-refractivity contribution in [2.45, 2.75) is 31.9 Å². The van der Waals surface area contributed by atoms with Crippen molar-refractivity contribution in [3.8, 4) is 11.8 Å². The normalized spacial score (nSPS) is 24.6. The fourth-order valence-corrected chi connectivity index (χ4v) is 3.25. The maximum atomic E-state index is 10.1. The topological polar surface area (TPSA) is 49.5 Å². The van der Waals surface area contributed by atoms with Gasteiger partial charge in [0.05, 0.1) is 12.1 Å². The largest absolute Gasteiger partial charge is 0.389 e. The third kappa shape index (κ3) is 3.56. The Morgan fingerprint density at radius 3 is 3.17 bits per heavy atom. The van der Waals surface area contributed by atoms with E-state index in [2.05, 4.69) is 22.1 Å². The molecule has 0 aromatic carbocycles. The monoisotopic (exact) mass is 264 g/mol. The van der Waals surface area contributed by atoms with E-state index >= 15 is 0 Å². The van der Waals surface area contributed by atoms with Crippen LogP contribution in [0.25, 0.3) is 0 Å². The van der Waals surface area contributed by atoms with E-state index in [-0.39, 0.29) is 0 Å². The first-order chi connectivity index (χ1) is 8.61. The van der Waals surface area contributed by atoms with Crippen molar-refractivity contribution in [2.75, 3.05) is 19.6 Å². The van der Waals surface area contributed by atoms with Crippen LogP contribution in [0.5, 0.6) is 0 Å². The van der Waals surface area contributed by atoms with Crippen LogP contribution < -0.4 is 5.73 Å². The fourth-order valence-electron chi connectivity index (χ4n) is 2.38. The molecule has 98 valence electrons. The zero-order valence-electron chi connectivity index (χ0n) is 10.8. The van der Waals surface area contributed by atoms with Gasteiger partial charge in [0.2, 0.25) is 0 Å². The standard InChI is InChI=1S/C14H20N2OS/c1-14(17)6-3-8-16(11-14)10-13-12(4-2-7-15)5-9-18-13/h5,9,17H,3,6-8,10-11,15H2,1H3. The summed E-state index contributed by atoms with van der Waals surface area (Å²) in [5.74, 6) is 6.01. The molecule has 0 aliphatic carbocycles. The SMILES string of the molecule is CC1(O)CCCN(Cc2sccc2C#CCN)C1. The third-order valence-electron chi connectivity index (χ3n) is 3.19. The molecule has 0 radical (unpaired) electrons. The summed E-state index contributed by atoms with van der Waals surface area (Å²) in [5.41, 5.74) is 5.94. The van der Waals surface area contributed by atoms with E-state index in [0.717, 1.165) is 38.0 Å². The fraction of sp³-hybridized carbons (Fsp3) is 0.571. The van der Waals surface area contributed by atoms with Gasteiger partial charge in [0.25, 0.3) is 0 Å². The first kappa shape index (κ1) is 13.6. The molecule has 0 spiro atoms. The van der Waals surface area contributed by atoms with Crippen LogP contribution >= 0.6 is 11.3 Å². The van der Waals surface area contributed by atoms with Crippen LogP contribution in [0.1, 0.15) is 30.2 Å². The van der Waals surface area contributed by atoms with E-state index in [4.69, 9.17) is 5.73 Å². The predicted octanol–water partition coefficient (Wildman–Crippen LogP) is 1.41. The van der Waals surface area contributed by atoms with E-state index in [0.29, 0.717) is 6.54 Å². The van der Waals surface area contributed by atoms with E-state index in [1.807, 2.05) is 13.0 Å². The molecule has 1 fully saturated rings. The van der Waals surface area contributed by atoms with Gasteiger partial charge in [-0.15, -0.1) is 11.3 Å². The summed E-state index contributed by atoms with van der Waals surface area (Å²) in [4.78, 5) is 3.58. The minimum atomic E-state index is -0.543. The molecule has 1 aromatic rings. The Morgan fingerprint density at radius 1 is 1.61 bits per heavy atom. The Kier molecular flexibility index (Phi) is 4.41. The minimum Gasteiger partial charge on any atom is -0.389 e. The van der Waals surface area contributed by atoms with Gasteiger partial charge in [-0.05, 0) is 37.8 Å². The number of likely N-dealkylation sites (tertiary alicyclic amines) is 1. The van der Waals surface area contributed by atoms with Crippen LogP contribution in [-0.4, -0.2) is 35.2 Å². The van der Waals surface area contributed by atoms with Gasteiger partial charge in [-0.2, -0.15) is 0 Å². The van der Waals surface area contributed by atoms with Crippen LogP contribution in [-0.2, 0) is 6.54 Å². The number of thiophene rings is 1. The summed E-state index contributed by atoms with van der Waals surface area (Å²) in [5, 5.41) is 12.2. The molecule has 1 aliphatic rings. The van der Waals surface area contributed by atoms with Gasteiger partial charge in [0, 0.05) is 23.5 Å². The van der Waals surface area contributed by atoms with Gasteiger partial charge in [-0.25, -0.2) is 0 Å². The summed E-state index contributed by atoms with van der Waals surface area (Å²) in [6.45, 7) is 4.99. The molecule has 1 aromatic heterocycles. The molecular weight excluding hydrogens is 244 g/mol. The Morgan fingerprint density at radius 2 is 2.44 bits per heavy atom. The average Bonchev–Trinajstić information content (AvgIpc) is 2.72. The van der Waals surface area contributed by atoms with Crippen LogP contribution in [0, 0.1) is 11.8 Å². The van der Waals surface area contributed by atoms with Crippen LogP contribution in [0.4, 0.5) is 0 Å². The summed E-state index contributed by atoms with van der Waals surface area (Å²) >= 11 is 1.73. The summed E-state index contributed by atoms with van der Waals surface area (Å²) in [6, 6.07) is 2.05. The number of hydrogen-bond acceptors (Lipinski definition) is 4. The highest BCUT2D eigenvalue weighted by molar-refractivity contribution is 7.10. The highest BCUT2D eigenvalue weighted by Crippen LogP contribution is 2.24. The lowest BCUT2D eigenvalue weighted by Gasteiger charge is -2.36. The molecule has 0 bridgehead atoms. The number of nitrogens with two attached hydrogens (primary N) is 1. The molecule has 0 amide bonds. The minimum absolute atomic E-state index is 0.397. The lowest BCUT2D eigenvalue weighted by Crippen LogP contribution is -2.45. The van der Waals surface area contributed by atoms with Gasteiger partial charge in [-0.3, -0.25) is 4.90 Å². The number of piperidine rings is 1. The molecule has 1 unspecified atom stereocenters. The molecule has 1 saturated heterocycles. The zero-order chi connectivity index (χ0) is 13.0. The van der Waals surface area contributed by atoms with Gasteiger partial charge < -0.3 is 10.8 Å². The van der Waals surface area contributed by atoms with Gasteiger partial charge in [0.15, 0.2) is 0 Å². The van der Waals surface area contributed by atoms with Crippen molar-refractivity contribution >= 4 is 11.3 Å². The maximum Gasteiger partial charge on any atom is 0.0746 e. The van der Waals surface area contributed by atoms with E-state index in [1.165, 1.54) is 4.88 Å². The molecule has 4 heteroatoms. The molecule has 1 atom stereocenters. The summed E-state index contributed by atoms with van der Waals surface area (Å²) in [7, 11) is 0. The molecule has 2 rings (SSSR count). The lowest BCUT2D eigenvalue weighted by molar-refractivity contribution is -0.0178. The lowest BCUT2D eigenvalue weighted by atomic mass is 9.95. The van der Waals surface area contributed by atoms with Crippen molar-refractivity contribution in [2.24, 2.45) is 5.73 Å². The van der Waals surface area contributed by atoms with Gasteiger partial charge >= 0.3 is 0 Å². The maximum absolute atomic E-state index is 10.1. The smallest absolute Gasteiger partial charge is 0.0746 e. The number of β-amino-alcohol motifs (C(OH)–C–C–N with tert-alkyl or cyclic N) is 1. The quantitative estimate of drug-likeness (QED) is 0.794. The summed E-state index contributed by atoms with van der Waals surface area (Å²) < 4.78 is 0. The second kappa shape index (κ2) is 5.85. The number of aliphatic hydroxyl groups is 1. The van der Waals surface area contributed by atoms with Crippen LogP contribution in [0.2, 0.25) is 0 Å². The molecule has 2 heterocycles. The first-order valence-corrected chi connectivity index (χ1v) is 7.19. The zero-order valence-corrected chi connectivity index (χ0v) is 11.6. The third-order valence-corrected chi connectivity index (χ3v) is 4.10. The molecule has 0 saturated carbocycles. The highest BCUT2D eigenvalue weighted by Gasteiger charge is 2.28. The Bertz CT molecular complexity index is 456. The van der Waals surface area contributed by atoms with Crippen LogP contribution in [0.15, 0.2) is 11.4 Å². The van der Waals surface area contributed by atoms with Crippen molar-refractivity contribution in [3.63, 3.8) is 0 Å². The predicted molar refractivity (Wildman–Crippen MR) is 75.4 cm³/mol. The molecule has 18 heavy (non-hydrogen) atoms. The number of nitrogens with zero attached hydrogens (tertiary/aromatic N) is 1. The second-order valence-corrected chi connectivity index (χ2v) is 6.08. The van der Waals surface area contributed by atoms with E-state index < -0.39 is 5.60 Å². The van der Waals surface area contributed by atoms with Crippen molar-refractivity contribution in [3.05, 3.63) is 21.9 Å². The Balaban J connectivity index is 2.03. The van der Waals surface area contributed by atoms with Gasteiger partial charge in [0.1, 0.15) is 0 Å². The number of hydrogen-bond donors (Lipinski definition) is 2. The van der Waals surface area contributed by atoms with Crippen molar-refractivity contribution < 1.29 is 5.11 Å². The molecule has 1 aliphatic heterocycles.